The summed E-state index contributed by atoms with van der Waals surface area (Å²) in [5, 5.41) is 0. The second kappa shape index (κ2) is 6.56. The highest BCUT2D eigenvalue weighted by atomic mass is 79.9. The molecule has 1 aliphatic carbocycles. The molecule has 3 nitrogen and oxygen atoms in total. The Kier molecular flexibility index (Phi) is 5.32. The highest BCUT2D eigenvalue weighted by Crippen LogP contribution is 2.29. The molecule has 0 N–H and O–H groups in total. The highest BCUT2D eigenvalue weighted by molar-refractivity contribution is 9.10. The summed E-state index contributed by atoms with van der Waals surface area (Å²) in [6.45, 7) is 2.36. The molecule has 0 aliphatic heterocycles. The fraction of sp³-hybridized carbons (Fsp3) is 0.455. The Labute approximate surface area is 98.0 Å². The number of rotatable bonds is 2. The lowest BCUT2D eigenvalue weighted by Gasteiger charge is -1.95. The second-order valence-corrected chi connectivity index (χ2v) is 3.99. The third-order valence-electron chi connectivity index (χ3n) is 1.83. The van der Waals surface area contributed by atoms with E-state index in [2.05, 4.69) is 20.9 Å². The minimum absolute atomic E-state index is 0.00694. The summed E-state index contributed by atoms with van der Waals surface area (Å²) in [4.78, 5) is 14.5. The van der Waals surface area contributed by atoms with E-state index in [1.807, 2.05) is 25.1 Å². The SMILES string of the molecule is Brc1ccccn1.CCOC(=O)C1CC1. The van der Waals surface area contributed by atoms with Gasteiger partial charge in [0.15, 0.2) is 0 Å². The van der Waals surface area contributed by atoms with Gasteiger partial charge in [-0.3, -0.25) is 4.79 Å². The molecule has 0 atom stereocenters. The van der Waals surface area contributed by atoms with Crippen LogP contribution in [0.1, 0.15) is 19.8 Å². The van der Waals surface area contributed by atoms with Gasteiger partial charge < -0.3 is 4.74 Å². The maximum Gasteiger partial charge on any atom is 0.308 e. The quantitative estimate of drug-likeness (QED) is 0.614. The third-order valence-corrected chi connectivity index (χ3v) is 2.30. The van der Waals surface area contributed by atoms with Crippen LogP contribution in [-0.2, 0) is 9.53 Å². The average Bonchev–Trinajstić information content (AvgIpc) is 3.03. The fourth-order valence-corrected chi connectivity index (χ4v) is 1.19. The summed E-state index contributed by atoms with van der Waals surface area (Å²) in [7, 11) is 0. The van der Waals surface area contributed by atoms with Crippen LogP contribution < -0.4 is 0 Å². The van der Waals surface area contributed by atoms with Gasteiger partial charge in [0, 0.05) is 6.20 Å². The number of pyridine rings is 1. The smallest absolute Gasteiger partial charge is 0.308 e. The molecule has 4 heteroatoms. The van der Waals surface area contributed by atoms with Gasteiger partial charge in [-0.25, -0.2) is 4.98 Å². The number of carbonyl (C=O) groups excluding carboxylic acids is 1. The van der Waals surface area contributed by atoms with E-state index in [-0.39, 0.29) is 11.9 Å². The number of hydrogen-bond acceptors (Lipinski definition) is 3. The Balaban J connectivity index is 0.000000151. The molecule has 1 aromatic rings. The Morgan fingerprint density at radius 1 is 1.60 bits per heavy atom. The van der Waals surface area contributed by atoms with E-state index < -0.39 is 0 Å². The van der Waals surface area contributed by atoms with Gasteiger partial charge in [0.05, 0.1) is 12.5 Å². The van der Waals surface area contributed by atoms with Gasteiger partial charge >= 0.3 is 5.97 Å². The van der Waals surface area contributed by atoms with Gasteiger partial charge in [-0.05, 0) is 47.8 Å². The van der Waals surface area contributed by atoms with Crippen molar-refractivity contribution in [1.82, 2.24) is 4.98 Å². The van der Waals surface area contributed by atoms with Gasteiger partial charge in [-0.2, -0.15) is 0 Å². The maximum atomic E-state index is 10.6. The summed E-state index contributed by atoms with van der Waals surface area (Å²) in [6, 6.07) is 5.70. The van der Waals surface area contributed by atoms with Crippen molar-refractivity contribution < 1.29 is 9.53 Å². The van der Waals surface area contributed by atoms with E-state index in [0.717, 1.165) is 17.4 Å². The zero-order chi connectivity index (χ0) is 11.1. The average molecular weight is 272 g/mol. The molecular weight excluding hydrogens is 258 g/mol. The molecule has 0 amide bonds. The Bertz CT molecular complexity index is 299. The van der Waals surface area contributed by atoms with Crippen LogP contribution in [0.15, 0.2) is 29.0 Å². The van der Waals surface area contributed by atoms with Crippen molar-refractivity contribution in [3.63, 3.8) is 0 Å². The van der Waals surface area contributed by atoms with Gasteiger partial charge in [0.2, 0.25) is 0 Å². The van der Waals surface area contributed by atoms with Crippen LogP contribution in [-0.4, -0.2) is 17.6 Å². The van der Waals surface area contributed by atoms with E-state index in [0.29, 0.717) is 6.61 Å². The minimum atomic E-state index is -0.00694. The molecule has 0 spiro atoms. The molecule has 1 heterocycles. The van der Waals surface area contributed by atoms with E-state index in [1.54, 1.807) is 6.20 Å². The van der Waals surface area contributed by atoms with Crippen LogP contribution in [0.5, 0.6) is 0 Å². The summed E-state index contributed by atoms with van der Waals surface area (Å²) in [5.74, 6) is 0.252. The van der Waals surface area contributed by atoms with Crippen LogP contribution in [0.3, 0.4) is 0 Å². The standard InChI is InChI=1S/C6H10O2.C5H4BrN/c1-2-8-6(7)5-3-4-5;6-5-3-1-2-4-7-5/h5H,2-4H2,1H3;1-4H. The second-order valence-electron chi connectivity index (χ2n) is 3.18. The Hall–Kier alpha value is -0.900. The summed E-state index contributed by atoms with van der Waals surface area (Å²) in [6.07, 6.45) is 3.82. The van der Waals surface area contributed by atoms with Crippen molar-refractivity contribution in [1.29, 1.82) is 0 Å². The molecule has 0 saturated heterocycles. The summed E-state index contributed by atoms with van der Waals surface area (Å²) < 4.78 is 5.61. The van der Waals surface area contributed by atoms with E-state index in [9.17, 15) is 4.79 Å². The molecule has 0 aromatic carbocycles. The number of aromatic nitrogens is 1. The summed E-state index contributed by atoms with van der Waals surface area (Å²) in [5.41, 5.74) is 0. The predicted molar refractivity (Wildman–Crippen MR) is 61.3 cm³/mol. The fourth-order valence-electron chi connectivity index (χ4n) is 0.921. The molecule has 0 unspecified atom stereocenters. The van der Waals surface area contributed by atoms with Crippen LogP contribution in [0.4, 0.5) is 0 Å². The van der Waals surface area contributed by atoms with Crippen molar-refractivity contribution >= 4 is 21.9 Å². The van der Waals surface area contributed by atoms with Crippen LogP contribution in [0.25, 0.3) is 0 Å². The van der Waals surface area contributed by atoms with Crippen LogP contribution in [0.2, 0.25) is 0 Å². The molecule has 82 valence electrons. The maximum absolute atomic E-state index is 10.6. The molecule has 1 aliphatic rings. The monoisotopic (exact) mass is 271 g/mol. The largest absolute Gasteiger partial charge is 0.466 e. The number of ether oxygens (including phenoxy) is 1. The zero-order valence-corrected chi connectivity index (χ0v) is 10.2. The first-order valence-corrected chi connectivity index (χ1v) is 5.76. The van der Waals surface area contributed by atoms with Gasteiger partial charge in [0.1, 0.15) is 4.60 Å². The van der Waals surface area contributed by atoms with Crippen molar-refractivity contribution in [2.75, 3.05) is 6.61 Å². The molecule has 0 radical (unpaired) electrons. The molecule has 2 rings (SSSR count). The van der Waals surface area contributed by atoms with E-state index in [1.165, 1.54) is 0 Å². The molecule has 15 heavy (non-hydrogen) atoms. The Morgan fingerprint density at radius 2 is 2.33 bits per heavy atom. The first kappa shape index (κ1) is 12.2. The van der Waals surface area contributed by atoms with Crippen molar-refractivity contribution in [2.24, 2.45) is 5.92 Å². The highest BCUT2D eigenvalue weighted by Gasteiger charge is 2.30. The molecule has 1 saturated carbocycles. The lowest BCUT2D eigenvalue weighted by Crippen LogP contribution is -2.04. The lowest BCUT2D eigenvalue weighted by atomic mass is 10.4. The van der Waals surface area contributed by atoms with Crippen molar-refractivity contribution in [2.45, 2.75) is 19.8 Å². The van der Waals surface area contributed by atoms with E-state index >= 15 is 0 Å². The van der Waals surface area contributed by atoms with Gasteiger partial charge in [-0.1, -0.05) is 6.07 Å². The normalized spacial score (nSPS) is 13.7. The first-order chi connectivity index (χ1) is 7.24. The van der Waals surface area contributed by atoms with Crippen LogP contribution >= 0.6 is 15.9 Å². The number of esters is 1. The Morgan fingerprint density at radius 3 is 2.67 bits per heavy atom. The molecule has 0 bridgehead atoms. The van der Waals surface area contributed by atoms with Gasteiger partial charge in [0.25, 0.3) is 0 Å². The number of halogens is 1. The minimum Gasteiger partial charge on any atom is -0.466 e. The number of carbonyl (C=O) groups is 1. The first-order valence-electron chi connectivity index (χ1n) is 4.97. The lowest BCUT2D eigenvalue weighted by molar-refractivity contribution is -0.144. The van der Waals surface area contributed by atoms with E-state index in [4.69, 9.17) is 4.74 Å². The molecule has 1 fully saturated rings. The van der Waals surface area contributed by atoms with Gasteiger partial charge in [-0.15, -0.1) is 0 Å². The molecule has 1 aromatic heterocycles. The number of hydrogen-bond donors (Lipinski definition) is 0. The molecular formula is C11H14BrNO2. The van der Waals surface area contributed by atoms with Crippen molar-refractivity contribution in [3.05, 3.63) is 29.0 Å². The summed E-state index contributed by atoms with van der Waals surface area (Å²) >= 11 is 3.20. The topological polar surface area (TPSA) is 39.2 Å². The zero-order valence-electron chi connectivity index (χ0n) is 8.65. The number of nitrogens with zero attached hydrogens (tertiary/aromatic N) is 1. The van der Waals surface area contributed by atoms with Crippen molar-refractivity contribution in [3.8, 4) is 0 Å². The van der Waals surface area contributed by atoms with Crippen LogP contribution in [0, 0.1) is 5.92 Å². The predicted octanol–water partition coefficient (Wildman–Crippen LogP) is 2.80. The third kappa shape index (κ3) is 5.52.